The van der Waals surface area contributed by atoms with Crippen molar-refractivity contribution in [2.75, 3.05) is 12.3 Å². The third-order valence-corrected chi connectivity index (χ3v) is 2.78. The summed E-state index contributed by atoms with van der Waals surface area (Å²) in [6.07, 6.45) is 0.207. The number of nitrogens with two attached hydrogens (primary N) is 1. The number of nitrogen functional groups attached to an aromatic ring is 1. The second-order valence-corrected chi connectivity index (χ2v) is 4.72. The molecular formula is C13H19N5O. The molecule has 0 saturated heterocycles. The van der Waals surface area contributed by atoms with Crippen molar-refractivity contribution in [1.29, 1.82) is 0 Å². The lowest BCUT2D eigenvalue weighted by molar-refractivity contribution is 0.0709. The second-order valence-electron chi connectivity index (χ2n) is 4.72. The molecule has 0 saturated carbocycles. The van der Waals surface area contributed by atoms with Crippen LogP contribution in [-0.4, -0.2) is 32.9 Å². The van der Waals surface area contributed by atoms with E-state index in [0.29, 0.717) is 13.2 Å². The van der Waals surface area contributed by atoms with E-state index < -0.39 is 0 Å². The molecule has 6 nitrogen and oxygen atoms in total. The van der Waals surface area contributed by atoms with Crippen molar-refractivity contribution in [2.45, 2.75) is 33.4 Å². The quantitative estimate of drug-likeness (QED) is 0.828. The summed E-state index contributed by atoms with van der Waals surface area (Å²) >= 11 is 0. The third kappa shape index (κ3) is 3.29. The molecule has 2 rings (SSSR count). The summed E-state index contributed by atoms with van der Waals surface area (Å²) in [4.78, 5) is 0. The molecule has 0 spiro atoms. The molecular weight excluding hydrogens is 242 g/mol. The van der Waals surface area contributed by atoms with Crippen molar-refractivity contribution < 1.29 is 4.74 Å². The minimum atomic E-state index is 0.207. The van der Waals surface area contributed by atoms with Crippen LogP contribution < -0.4 is 5.73 Å². The first-order chi connectivity index (χ1) is 9.08. The Hall–Kier alpha value is -1.95. The molecule has 1 heterocycles. The molecule has 102 valence electrons. The van der Waals surface area contributed by atoms with Gasteiger partial charge < -0.3 is 10.5 Å². The molecule has 2 N–H and O–H groups in total. The smallest absolute Gasteiger partial charge is 0.182 e. The minimum Gasteiger partial charge on any atom is -0.399 e. The van der Waals surface area contributed by atoms with Gasteiger partial charge >= 0.3 is 0 Å². The first kappa shape index (κ1) is 13.5. The lowest BCUT2D eigenvalue weighted by atomic mass is 10.1. The highest BCUT2D eigenvalue weighted by Crippen LogP contribution is 2.22. The number of aromatic nitrogens is 4. The first-order valence-corrected chi connectivity index (χ1v) is 6.32. The maximum atomic E-state index is 5.75. The second kappa shape index (κ2) is 5.79. The van der Waals surface area contributed by atoms with Gasteiger partial charge in [0.1, 0.15) is 0 Å². The maximum absolute atomic E-state index is 5.75. The largest absolute Gasteiger partial charge is 0.399 e. The fourth-order valence-electron chi connectivity index (χ4n) is 1.86. The van der Waals surface area contributed by atoms with Gasteiger partial charge in [-0.15, -0.1) is 5.10 Å². The van der Waals surface area contributed by atoms with Crippen LogP contribution >= 0.6 is 0 Å². The topological polar surface area (TPSA) is 78.9 Å². The van der Waals surface area contributed by atoms with E-state index in [0.717, 1.165) is 22.6 Å². The highest BCUT2D eigenvalue weighted by atomic mass is 16.5. The number of tetrazole rings is 1. The molecule has 1 aromatic carbocycles. The number of aryl methyl sites for hydroxylation is 1. The lowest BCUT2D eigenvalue weighted by Gasteiger charge is -2.09. The molecule has 0 atom stereocenters. The van der Waals surface area contributed by atoms with Crippen molar-refractivity contribution in [2.24, 2.45) is 0 Å². The number of benzene rings is 1. The summed E-state index contributed by atoms with van der Waals surface area (Å²) in [7, 11) is 0. The van der Waals surface area contributed by atoms with Gasteiger partial charge in [0, 0.05) is 11.3 Å². The zero-order chi connectivity index (χ0) is 13.8. The van der Waals surface area contributed by atoms with Gasteiger partial charge in [0.2, 0.25) is 0 Å². The van der Waals surface area contributed by atoms with Gasteiger partial charge in [-0.3, -0.25) is 0 Å². The average Bonchev–Trinajstić information content (AvgIpc) is 2.77. The highest BCUT2D eigenvalue weighted by molar-refractivity contribution is 5.63. The number of ether oxygens (including phenoxy) is 1. The van der Waals surface area contributed by atoms with Crippen molar-refractivity contribution in [3.05, 3.63) is 23.8 Å². The Balaban J connectivity index is 2.19. The predicted octanol–water partition coefficient (Wildman–Crippen LogP) is 1.66. The number of nitrogens with zero attached hydrogens (tertiary/aromatic N) is 4. The Labute approximate surface area is 112 Å². The van der Waals surface area contributed by atoms with Crippen molar-refractivity contribution >= 4 is 5.69 Å². The van der Waals surface area contributed by atoms with Crippen LogP contribution in [0.3, 0.4) is 0 Å². The number of hydrogen-bond acceptors (Lipinski definition) is 5. The van der Waals surface area contributed by atoms with E-state index in [9.17, 15) is 0 Å². The minimum absolute atomic E-state index is 0.207. The van der Waals surface area contributed by atoms with E-state index in [1.807, 2.05) is 39.0 Å². The molecule has 0 fully saturated rings. The van der Waals surface area contributed by atoms with E-state index in [-0.39, 0.29) is 6.10 Å². The maximum Gasteiger partial charge on any atom is 0.182 e. The standard InChI is InChI=1S/C13H19N5O/c1-9(2)19-7-6-18-13(15-16-17-18)12-5-4-11(14)8-10(12)3/h4-5,8-9H,6-7,14H2,1-3H3. The van der Waals surface area contributed by atoms with Gasteiger partial charge in [-0.25, -0.2) is 4.68 Å². The molecule has 0 amide bonds. The van der Waals surface area contributed by atoms with Crippen molar-refractivity contribution in [3.8, 4) is 11.4 Å². The molecule has 0 bridgehead atoms. The van der Waals surface area contributed by atoms with E-state index in [4.69, 9.17) is 10.5 Å². The molecule has 19 heavy (non-hydrogen) atoms. The van der Waals surface area contributed by atoms with Crippen LogP contribution in [0, 0.1) is 6.92 Å². The Morgan fingerprint density at radius 3 is 2.84 bits per heavy atom. The molecule has 1 aromatic heterocycles. The molecule has 0 radical (unpaired) electrons. The average molecular weight is 261 g/mol. The fourth-order valence-corrected chi connectivity index (χ4v) is 1.86. The zero-order valence-corrected chi connectivity index (χ0v) is 11.5. The fraction of sp³-hybridized carbons (Fsp3) is 0.462. The molecule has 2 aromatic rings. The van der Waals surface area contributed by atoms with Crippen LogP contribution in [0.2, 0.25) is 0 Å². The zero-order valence-electron chi connectivity index (χ0n) is 11.5. The first-order valence-electron chi connectivity index (χ1n) is 6.32. The Bertz CT molecular complexity index is 550. The number of hydrogen-bond donors (Lipinski definition) is 1. The number of anilines is 1. The van der Waals surface area contributed by atoms with E-state index >= 15 is 0 Å². The molecule has 0 unspecified atom stereocenters. The van der Waals surface area contributed by atoms with E-state index in [1.54, 1.807) is 4.68 Å². The van der Waals surface area contributed by atoms with Crippen LogP contribution in [-0.2, 0) is 11.3 Å². The lowest BCUT2D eigenvalue weighted by Crippen LogP contribution is -2.12. The van der Waals surface area contributed by atoms with Gasteiger partial charge in [0.05, 0.1) is 19.3 Å². The summed E-state index contributed by atoms with van der Waals surface area (Å²) in [5, 5.41) is 11.8. The molecule has 0 aliphatic heterocycles. The predicted molar refractivity (Wildman–Crippen MR) is 73.5 cm³/mol. The van der Waals surface area contributed by atoms with Crippen molar-refractivity contribution in [1.82, 2.24) is 20.2 Å². The Morgan fingerprint density at radius 2 is 2.16 bits per heavy atom. The van der Waals surface area contributed by atoms with Gasteiger partial charge in [0.15, 0.2) is 5.82 Å². The highest BCUT2D eigenvalue weighted by Gasteiger charge is 2.11. The SMILES string of the molecule is Cc1cc(N)ccc1-c1nnnn1CCOC(C)C. The Kier molecular flexibility index (Phi) is 4.11. The molecule has 6 heteroatoms. The van der Waals surface area contributed by atoms with Crippen LogP contribution in [0.15, 0.2) is 18.2 Å². The normalized spacial score (nSPS) is 11.2. The molecule has 0 aliphatic carbocycles. The van der Waals surface area contributed by atoms with Gasteiger partial charge in [0.25, 0.3) is 0 Å². The van der Waals surface area contributed by atoms with Crippen LogP contribution in [0.5, 0.6) is 0 Å². The molecule has 0 aliphatic rings. The Morgan fingerprint density at radius 1 is 1.37 bits per heavy atom. The summed E-state index contributed by atoms with van der Waals surface area (Å²) in [6, 6.07) is 5.71. The monoisotopic (exact) mass is 261 g/mol. The van der Waals surface area contributed by atoms with Crippen LogP contribution in [0.1, 0.15) is 19.4 Å². The number of rotatable bonds is 5. The summed E-state index contributed by atoms with van der Waals surface area (Å²) in [6.45, 7) is 7.22. The summed E-state index contributed by atoms with van der Waals surface area (Å²) in [5.74, 6) is 0.741. The summed E-state index contributed by atoms with van der Waals surface area (Å²) in [5.41, 5.74) is 8.54. The third-order valence-electron chi connectivity index (χ3n) is 2.78. The van der Waals surface area contributed by atoms with Gasteiger partial charge in [-0.1, -0.05) is 0 Å². The van der Waals surface area contributed by atoms with E-state index in [2.05, 4.69) is 15.5 Å². The van der Waals surface area contributed by atoms with E-state index in [1.165, 1.54) is 0 Å². The van der Waals surface area contributed by atoms with Crippen molar-refractivity contribution in [3.63, 3.8) is 0 Å². The van der Waals surface area contributed by atoms with Crippen LogP contribution in [0.4, 0.5) is 5.69 Å². The van der Waals surface area contributed by atoms with Crippen LogP contribution in [0.25, 0.3) is 11.4 Å². The summed E-state index contributed by atoms with van der Waals surface area (Å²) < 4.78 is 7.27. The van der Waals surface area contributed by atoms with Gasteiger partial charge in [-0.05, 0) is 55.0 Å². The van der Waals surface area contributed by atoms with Gasteiger partial charge in [-0.2, -0.15) is 0 Å².